The van der Waals surface area contributed by atoms with Crippen molar-refractivity contribution in [3.63, 3.8) is 0 Å². The summed E-state index contributed by atoms with van der Waals surface area (Å²) in [5.74, 6) is 0.158. The van der Waals surface area contributed by atoms with E-state index in [0.29, 0.717) is 13.1 Å². The van der Waals surface area contributed by atoms with E-state index in [2.05, 4.69) is 5.32 Å². The van der Waals surface area contributed by atoms with Crippen molar-refractivity contribution >= 4 is 16.1 Å². The predicted molar refractivity (Wildman–Crippen MR) is 111 cm³/mol. The van der Waals surface area contributed by atoms with E-state index in [1.165, 1.54) is 6.92 Å². The standard InChI is InChI=1S/C21H28N2O4S/c1-4-17(3)23(21(24)22-15-18-10-7-6-8-11-18)16-19-12-9-13-20(14-19)27-28(25,26)5-2/h6-14,17H,4-5,15-16H2,1-3H3,(H,22,24). The summed E-state index contributed by atoms with van der Waals surface area (Å²) in [4.78, 5) is 14.5. The number of carbonyl (C=O) groups excluding carboxylic acids is 1. The first-order valence-electron chi connectivity index (χ1n) is 9.44. The van der Waals surface area contributed by atoms with Crippen LogP contribution in [0.1, 0.15) is 38.3 Å². The highest BCUT2D eigenvalue weighted by Crippen LogP contribution is 2.19. The highest BCUT2D eigenvalue weighted by atomic mass is 32.2. The van der Waals surface area contributed by atoms with Gasteiger partial charge in [0, 0.05) is 19.1 Å². The van der Waals surface area contributed by atoms with Crippen LogP contribution in [0.3, 0.4) is 0 Å². The fourth-order valence-electron chi connectivity index (χ4n) is 2.62. The lowest BCUT2D eigenvalue weighted by molar-refractivity contribution is 0.173. The first kappa shape index (κ1) is 21.8. The molecule has 0 aromatic heterocycles. The number of nitrogens with one attached hydrogen (secondary N) is 1. The lowest BCUT2D eigenvalue weighted by atomic mass is 10.1. The van der Waals surface area contributed by atoms with E-state index in [9.17, 15) is 13.2 Å². The van der Waals surface area contributed by atoms with Crippen molar-refractivity contribution in [1.82, 2.24) is 10.2 Å². The van der Waals surface area contributed by atoms with Crippen LogP contribution in [0, 0.1) is 0 Å². The third-order valence-electron chi connectivity index (χ3n) is 4.50. The molecular weight excluding hydrogens is 376 g/mol. The number of hydrogen-bond donors (Lipinski definition) is 1. The van der Waals surface area contributed by atoms with Crippen LogP contribution in [0.15, 0.2) is 54.6 Å². The van der Waals surface area contributed by atoms with Gasteiger partial charge in [-0.1, -0.05) is 49.4 Å². The van der Waals surface area contributed by atoms with Gasteiger partial charge in [0.05, 0.1) is 5.75 Å². The lowest BCUT2D eigenvalue weighted by Crippen LogP contribution is -2.44. The monoisotopic (exact) mass is 404 g/mol. The molecule has 0 radical (unpaired) electrons. The van der Waals surface area contributed by atoms with E-state index in [-0.39, 0.29) is 23.6 Å². The Kier molecular flexibility index (Phi) is 7.87. The van der Waals surface area contributed by atoms with Crippen molar-refractivity contribution in [3.8, 4) is 5.75 Å². The largest absolute Gasteiger partial charge is 0.382 e. The van der Waals surface area contributed by atoms with E-state index in [1.54, 1.807) is 23.1 Å². The van der Waals surface area contributed by atoms with Crippen LogP contribution in [-0.2, 0) is 23.2 Å². The average Bonchev–Trinajstić information content (AvgIpc) is 2.70. The second-order valence-corrected chi connectivity index (χ2v) is 8.47. The van der Waals surface area contributed by atoms with Gasteiger partial charge in [-0.3, -0.25) is 0 Å². The molecule has 1 unspecified atom stereocenters. The molecule has 0 bridgehead atoms. The highest BCUT2D eigenvalue weighted by molar-refractivity contribution is 7.87. The maximum Gasteiger partial charge on any atom is 0.318 e. The van der Waals surface area contributed by atoms with E-state index in [4.69, 9.17) is 4.18 Å². The quantitative estimate of drug-likeness (QED) is 0.643. The minimum absolute atomic E-state index is 0.0275. The molecule has 0 saturated carbocycles. The predicted octanol–water partition coefficient (Wildman–Crippen LogP) is 3.93. The third kappa shape index (κ3) is 6.56. The lowest BCUT2D eigenvalue weighted by Gasteiger charge is -2.29. The van der Waals surface area contributed by atoms with E-state index in [0.717, 1.165) is 17.5 Å². The van der Waals surface area contributed by atoms with Crippen molar-refractivity contribution < 1.29 is 17.4 Å². The zero-order valence-electron chi connectivity index (χ0n) is 16.6. The topological polar surface area (TPSA) is 75.7 Å². The smallest absolute Gasteiger partial charge is 0.318 e. The third-order valence-corrected chi connectivity index (χ3v) is 5.65. The molecule has 0 fully saturated rings. The van der Waals surface area contributed by atoms with Gasteiger partial charge in [-0.05, 0) is 43.5 Å². The Morgan fingerprint density at radius 1 is 1.07 bits per heavy atom. The zero-order chi connectivity index (χ0) is 20.6. The van der Waals surface area contributed by atoms with Crippen LogP contribution < -0.4 is 9.50 Å². The van der Waals surface area contributed by atoms with Crippen molar-refractivity contribution in [2.75, 3.05) is 5.75 Å². The molecule has 7 heteroatoms. The number of urea groups is 1. The van der Waals surface area contributed by atoms with Crippen molar-refractivity contribution in [3.05, 3.63) is 65.7 Å². The SMILES string of the molecule is CCC(C)N(Cc1cccc(OS(=O)(=O)CC)c1)C(=O)NCc1ccccc1. The molecule has 0 heterocycles. The summed E-state index contributed by atoms with van der Waals surface area (Å²) in [6.45, 7) is 6.35. The summed E-state index contributed by atoms with van der Waals surface area (Å²) in [5, 5.41) is 2.96. The van der Waals surface area contributed by atoms with Crippen LogP contribution >= 0.6 is 0 Å². The number of nitrogens with zero attached hydrogens (tertiary/aromatic N) is 1. The molecule has 2 amide bonds. The van der Waals surface area contributed by atoms with Crippen molar-refractivity contribution in [1.29, 1.82) is 0 Å². The van der Waals surface area contributed by atoms with Gasteiger partial charge in [-0.15, -0.1) is 0 Å². The van der Waals surface area contributed by atoms with Gasteiger partial charge in [0.2, 0.25) is 0 Å². The van der Waals surface area contributed by atoms with Crippen LogP contribution in [0.4, 0.5) is 4.79 Å². The number of benzene rings is 2. The molecule has 0 aliphatic carbocycles. The van der Waals surface area contributed by atoms with Gasteiger partial charge in [-0.25, -0.2) is 4.79 Å². The molecule has 2 rings (SSSR count). The first-order chi connectivity index (χ1) is 13.3. The summed E-state index contributed by atoms with van der Waals surface area (Å²) in [6, 6.07) is 16.4. The number of amides is 2. The Bertz CT molecular complexity index is 869. The molecule has 2 aromatic carbocycles. The fraction of sp³-hybridized carbons (Fsp3) is 0.381. The van der Waals surface area contributed by atoms with Crippen LogP contribution in [0.5, 0.6) is 5.75 Å². The molecular formula is C21H28N2O4S. The molecule has 0 aliphatic heterocycles. The highest BCUT2D eigenvalue weighted by Gasteiger charge is 2.19. The van der Waals surface area contributed by atoms with Gasteiger partial charge in [0.15, 0.2) is 0 Å². The van der Waals surface area contributed by atoms with Gasteiger partial charge in [-0.2, -0.15) is 8.42 Å². The van der Waals surface area contributed by atoms with E-state index in [1.807, 2.05) is 50.2 Å². The van der Waals surface area contributed by atoms with Gasteiger partial charge >= 0.3 is 16.1 Å². The van der Waals surface area contributed by atoms with Crippen molar-refractivity contribution in [2.24, 2.45) is 0 Å². The molecule has 1 atom stereocenters. The number of rotatable bonds is 9. The molecule has 2 aromatic rings. The second-order valence-electron chi connectivity index (χ2n) is 6.61. The van der Waals surface area contributed by atoms with Crippen LogP contribution in [0.25, 0.3) is 0 Å². The Morgan fingerprint density at radius 3 is 2.39 bits per heavy atom. The van der Waals surface area contributed by atoms with Gasteiger partial charge < -0.3 is 14.4 Å². The Labute approximate surface area is 167 Å². The normalized spacial score (nSPS) is 12.2. The molecule has 0 aliphatic rings. The second kappa shape index (κ2) is 10.1. The first-order valence-corrected chi connectivity index (χ1v) is 11.0. The van der Waals surface area contributed by atoms with Gasteiger partial charge in [0.25, 0.3) is 0 Å². The number of carbonyl (C=O) groups is 1. The molecule has 152 valence electrons. The zero-order valence-corrected chi connectivity index (χ0v) is 17.4. The summed E-state index contributed by atoms with van der Waals surface area (Å²) in [7, 11) is -3.59. The summed E-state index contributed by atoms with van der Waals surface area (Å²) >= 11 is 0. The van der Waals surface area contributed by atoms with E-state index >= 15 is 0 Å². The van der Waals surface area contributed by atoms with Crippen LogP contribution in [0.2, 0.25) is 0 Å². The Balaban J connectivity index is 2.10. The summed E-state index contributed by atoms with van der Waals surface area (Å²) in [5.41, 5.74) is 1.83. The summed E-state index contributed by atoms with van der Waals surface area (Å²) in [6.07, 6.45) is 0.805. The van der Waals surface area contributed by atoms with Crippen LogP contribution in [-0.4, -0.2) is 31.1 Å². The maximum absolute atomic E-state index is 12.8. The fourth-order valence-corrected chi connectivity index (χ4v) is 3.14. The maximum atomic E-state index is 12.8. The molecule has 0 spiro atoms. The molecule has 6 nitrogen and oxygen atoms in total. The Morgan fingerprint density at radius 2 is 1.75 bits per heavy atom. The summed E-state index contributed by atoms with van der Waals surface area (Å²) < 4.78 is 28.5. The molecule has 1 N–H and O–H groups in total. The van der Waals surface area contributed by atoms with Crippen molar-refractivity contribution in [2.45, 2.75) is 46.3 Å². The minimum atomic E-state index is -3.59. The molecule has 28 heavy (non-hydrogen) atoms. The average molecular weight is 405 g/mol. The number of hydrogen-bond acceptors (Lipinski definition) is 4. The minimum Gasteiger partial charge on any atom is -0.382 e. The van der Waals surface area contributed by atoms with Gasteiger partial charge in [0.1, 0.15) is 5.75 Å². The van der Waals surface area contributed by atoms with E-state index < -0.39 is 10.1 Å². The molecule has 0 saturated heterocycles. The Hall–Kier alpha value is -2.54.